The van der Waals surface area contributed by atoms with Crippen LogP contribution in [0.15, 0.2) is 30.4 Å². The highest BCUT2D eigenvalue weighted by atomic mass is 16.5. The fraction of sp³-hybridized carbons (Fsp3) is 0.308. The van der Waals surface area contributed by atoms with E-state index in [4.69, 9.17) is 10.5 Å². The lowest BCUT2D eigenvalue weighted by atomic mass is 10.1. The summed E-state index contributed by atoms with van der Waals surface area (Å²) in [4.78, 5) is 11.7. The van der Waals surface area contributed by atoms with Crippen molar-refractivity contribution in [3.63, 3.8) is 0 Å². The second-order valence-electron chi connectivity index (χ2n) is 3.57. The number of nitrogen functional groups attached to an aromatic ring is 1. The van der Waals surface area contributed by atoms with Crippen LogP contribution in [0, 0.1) is 0 Å². The van der Waals surface area contributed by atoms with Gasteiger partial charge in [-0.25, -0.2) is 0 Å². The fourth-order valence-electron chi connectivity index (χ4n) is 1.41. The highest BCUT2D eigenvalue weighted by Gasteiger charge is 2.07. The third-order valence-electron chi connectivity index (χ3n) is 2.32. The van der Waals surface area contributed by atoms with Gasteiger partial charge in [0.1, 0.15) is 5.75 Å². The molecule has 0 heterocycles. The first-order valence-corrected chi connectivity index (χ1v) is 5.52. The third kappa shape index (κ3) is 3.83. The Morgan fingerprint density at radius 3 is 2.88 bits per heavy atom. The lowest BCUT2D eigenvalue weighted by molar-refractivity contribution is 0.0954. The van der Waals surface area contributed by atoms with Gasteiger partial charge in [-0.2, -0.15) is 0 Å². The Bertz CT molecular complexity index is 414. The number of rotatable bonds is 5. The van der Waals surface area contributed by atoms with Crippen LogP contribution in [0.5, 0.6) is 5.75 Å². The van der Waals surface area contributed by atoms with Gasteiger partial charge in [0.15, 0.2) is 0 Å². The molecule has 0 spiro atoms. The highest BCUT2D eigenvalue weighted by Crippen LogP contribution is 2.21. The van der Waals surface area contributed by atoms with Crippen molar-refractivity contribution in [3.8, 4) is 5.75 Å². The molecule has 0 atom stereocenters. The number of benzene rings is 1. The minimum absolute atomic E-state index is 0.121. The van der Waals surface area contributed by atoms with Crippen LogP contribution in [0.1, 0.15) is 23.7 Å². The lowest BCUT2D eigenvalue weighted by Crippen LogP contribution is -2.24. The summed E-state index contributed by atoms with van der Waals surface area (Å²) in [5.41, 5.74) is 6.74. The maximum atomic E-state index is 11.7. The van der Waals surface area contributed by atoms with Crippen molar-refractivity contribution in [3.05, 3.63) is 35.9 Å². The van der Waals surface area contributed by atoms with E-state index in [-0.39, 0.29) is 5.91 Å². The zero-order valence-corrected chi connectivity index (χ0v) is 10.2. The fourth-order valence-corrected chi connectivity index (χ4v) is 1.41. The van der Waals surface area contributed by atoms with Crippen LogP contribution in [0.25, 0.3) is 0 Å². The molecule has 92 valence electrons. The van der Waals surface area contributed by atoms with Crippen molar-refractivity contribution in [1.82, 2.24) is 5.32 Å². The van der Waals surface area contributed by atoms with Crippen molar-refractivity contribution in [1.29, 1.82) is 0 Å². The average molecular weight is 234 g/mol. The second kappa shape index (κ2) is 6.58. The van der Waals surface area contributed by atoms with E-state index in [1.807, 2.05) is 19.1 Å². The van der Waals surface area contributed by atoms with E-state index < -0.39 is 0 Å². The van der Waals surface area contributed by atoms with Crippen molar-refractivity contribution in [2.24, 2.45) is 0 Å². The van der Waals surface area contributed by atoms with Gasteiger partial charge >= 0.3 is 0 Å². The summed E-state index contributed by atoms with van der Waals surface area (Å²) in [6.07, 6.45) is 4.79. The first kappa shape index (κ1) is 13.1. The van der Waals surface area contributed by atoms with Crippen molar-refractivity contribution in [2.75, 3.05) is 19.4 Å². The van der Waals surface area contributed by atoms with Crippen LogP contribution in [-0.2, 0) is 0 Å². The summed E-state index contributed by atoms with van der Waals surface area (Å²) >= 11 is 0. The maximum absolute atomic E-state index is 11.7. The average Bonchev–Trinajstić information content (AvgIpc) is 2.34. The summed E-state index contributed by atoms with van der Waals surface area (Å²) < 4.78 is 5.03. The van der Waals surface area contributed by atoms with Gasteiger partial charge in [-0.15, -0.1) is 0 Å². The number of amides is 1. The van der Waals surface area contributed by atoms with Crippen molar-refractivity contribution < 1.29 is 9.53 Å². The molecule has 3 N–H and O–H groups in total. The van der Waals surface area contributed by atoms with Crippen LogP contribution in [-0.4, -0.2) is 19.6 Å². The molecule has 4 heteroatoms. The van der Waals surface area contributed by atoms with Crippen LogP contribution in [0.3, 0.4) is 0 Å². The summed E-state index contributed by atoms with van der Waals surface area (Å²) in [5.74, 6) is 0.458. The molecule has 1 aromatic carbocycles. The van der Waals surface area contributed by atoms with E-state index >= 15 is 0 Å². The number of hydrogen-bond acceptors (Lipinski definition) is 3. The quantitative estimate of drug-likeness (QED) is 0.465. The number of carbonyl (C=O) groups is 1. The predicted molar refractivity (Wildman–Crippen MR) is 69.2 cm³/mol. The van der Waals surface area contributed by atoms with Crippen molar-refractivity contribution in [2.45, 2.75) is 13.3 Å². The van der Waals surface area contributed by atoms with Gasteiger partial charge in [-0.3, -0.25) is 4.79 Å². The maximum Gasteiger partial charge on any atom is 0.251 e. The Hall–Kier alpha value is -1.97. The van der Waals surface area contributed by atoms with E-state index in [2.05, 4.69) is 5.32 Å². The molecule has 0 saturated carbocycles. The third-order valence-corrected chi connectivity index (χ3v) is 2.32. The Morgan fingerprint density at radius 2 is 2.29 bits per heavy atom. The van der Waals surface area contributed by atoms with E-state index in [1.165, 1.54) is 0 Å². The van der Waals surface area contributed by atoms with Gasteiger partial charge in [-0.1, -0.05) is 12.2 Å². The number of anilines is 1. The van der Waals surface area contributed by atoms with E-state index in [9.17, 15) is 4.79 Å². The number of methoxy groups -OCH3 is 1. The molecular weight excluding hydrogens is 216 g/mol. The van der Waals surface area contributed by atoms with E-state index in [0.717, 1.165) is 6.42 Å². The van der Waals surface area contributed by atoms with Gasteiger partial charge < -0.3 is 15.8 Å². The molecule has 1 rings (SSSR count). The largest absolute Gasteiger partial charge is 0.495 e. The van der Waals surface area contributed by atoms with Crippen LogP contribution < -0.4 is 15.8 Å². The molecule has 0 radical (unpaired) electrons. The van der Waals surface area contributed by atoms with Gasteiger partial charge in [0.2, 0.25) is 0 Å². The molecule has 0 saturated heterocycles. The van der Waals surface area contributed by atoms with Crippen LogP contribution >= 0.6 is 0 Å². The molecule has 0 aliphatic heterocycles. The van der Waals surface area contributed by atoms with E-state index in [0.29, 0.717) is 23.5 Å². The molecule has 0 aliphatic rings. The van der Waals surface area contributed by atoms with Crippen LogP contribution in [0.2, 0.25) is 0 Å². The zero-order valence-electron chi connectivity index (χ0n) is 10.2. The first-order chi connectivity index (χ1) is 8.19. The summed E-state index contributed by atoms with van der Waals surface area (Å²) in [5, 5.41) is 2.81. The SMILES string of the molecule is C/C=C/CCNC(=O)c1ccc(OC)c(N)c1. The minimum Gasteiger partial charge on any atom is -0.495 e. The monoisotopic (exact) mass is 234 g/mol. The van der Waals surface area contributed by atoms with Gasteiger partial charge in [0, 0.05) is 12.1 Å². The smallest absolute Gasteiger partial charge is 0.251 e. The summed E-state index contributed by atoms with van der Waals surface area (Å²) in [7, 11) is 1.54. The molecule has 17 heavy (non-hydrogen) atoms. The molecule has 0 aliphatic carbocycles. The predicted octanol–water partition coefficient (Wildman–Crippen LogP) is 1.97. The highest BCUT2D eigenvalue weighted by molar-refractivity contribution is 5.95. The molecule has 0 aromatic heterocycles. The Labute approximate surface area is 101 Å². The van der Waals surface area contributed by atoms with Crippen molar-refractivity contribution >= 4 is 11.6 Å². The molecule has 1 aromatic rings. The summed E-state index contributed by atoms with van der Waals surface area (Å²) in [6.45, 7) is 2.57. The first-order valence-electron chi connectivity index (χ1n) is 5.52. The lowest BCUT2D eigenvalue weighted by Gasteiger charge is -2.07. The molecule has 0 fully saturated rings. The van der Waals surface area contributed by atoms with Crippen LogP contribution in [0.4, 0.5) is 5.69 Å². The van der Waals surface area contributed by atoms with Gasteiger partial charge in [-0.05, 0) is 31.5 Å². The molecule has 0 bridgehead atoms. The molecule has 1 amide bonds. The number of nitrogens with one attached hydrogen (secondary N) is 1. The van der Waals surface area contributed by atoms with Gasteiger partial charge in [0.25, 0.3) is 5.91 Å². The zero-order chi connectivity index (χ0) is 12.7. The number of allylic oxidation sites excluding steroid dienone is 1. The number of hydrogen-bond donors (Lipinski definition) is 2. The standard InChI is InChI=1S/C13H18N2O2/c1-3-4-5-8-15-13(16)10-6-7-12(17-2)11(14)9-10/h3-4,6-7,9H,5,8,14H2,1-2H3,(H,15,16)/b4-3+. The molecule has 4 nitrogen and oxygen atoms in total. The second-order valence-corrected chi connectivity index (χ2v) is 3.57. The Kier molecular flexibility index (Phi) is 5.07. The topological polar surface area (TPSA) is 64.3 Å². The number of carbonyl (C=O) groups excluding carboxylic acids is 1. The van der Waals surface area contributed by atoms with E-state index in [1.54, 1.807) is 25.3 Å². The Balaban J connectivity index is 2.60. The number of ether oxygens (including phenoxy) is 1. The number of nitrogens with two attached hydrogens (primary N) is 1. The Morgan fingerprint density at radius 1 is 1.53 bits per heavy atom. The normalized spacial score (nSPS) is 10.5. The molecular formula is C13H18N2O2. The summed E-state index contributed by atoms with van der Waals surface area (Å²) in [6, 6.07) is 5.00. The molecule has 0 unspecified atom stereocenters. The van der Waals surface area contributed by atoms with Gasteiger partial charge in [0.05, 0.1) is 12.8 Å². The minimum atomic E-state index is -0.121.